The highest BCUT2D eigenvalue weighted by atomic mass is 16.5. The Kier molecular flexibility index (Phi) is 11.1. The normalized spacial score (nSPS) is 21.7. The lowest BCUT2D eigenvalue weighted by atomic mass is 9.82. The van der Waals surface area contributed by atoms with Crippen molar-refractivity contribution in [2.45, 2.75) is 70.1 Å². The van der Waals surface area contributed by atoms with Gasteiger partial charge in [0.1, 0.15) is 5.75 Å². The SMILES string of the molecule is COCCCN1CC(=O)N[C@H]2CN(C(=O)CC3CCC3)CC[C@H]2OCc2cccc(c2)Oc2ccc(cc2OC)CCC1=O. The zero-order valence-electron chi connectivity index (χ0n) is 25.9. The van der Waals surface area contributed by atoms with Crippen LogP contribution < -0.4 is 14.8 Å². The first-order chi connectivity index (χ1) is 21.4. The lowest BCUT2D eigenvalue weighted by Gasteiger charge is -2.40. The summed E-state index contributed by atoms with van der Waals surface area (Å²) in [5.74, 6) is 2.04. The molecule has 2 fully saturated rings. The van der Waals surface area contributed by atoms with E-state index < -0.39 is 6.04 Å². The maximum absolute atomic E-state index is 13.5. The van der Waals surface area contributed by atoms with E-state index in [-0.39, 0.29) is 36.8 Å². The fourth-order valence-corrected chi connectivity index (χ4v) is 6.08. The number of aryl methyl sites for hydroxylation is 1. The molecule has 1 saturated carbocycles. The molecule has 10 heteroatoms. The first-order valence-corrected chi connectivity index (χ1v) is 15.8. The van der Waals surface area contributed by atoms with Crippen LogP contribution in [0, 0.1) is 5.92 Å². The van der Waals surface area contributed by atoms with Crippen molar-refractivity contribution in [1.29, 1.82) is 0 Å². The predicted octanol–water partition coefficient (Wildman–Crippen LogP) is 4.09. The Morgan fingerprint density at radius 1 is 1.05 bits per heavy atom. The number of hydrogen-bond acceptors (Lipinski definition) is 7. The van der Waals surface area contributed by atoms with Gasteiger partial charge >= 0.3 is 0 Å². The Morgan fingerprint density at radius 3 is 2.68 bits per heavy atom. The highest BCUT2D eigenvalue weighted by Gasteiger charge is 2.35. The van der Waals surface area contributed by atoms with Crippen molar-refractivity contribution < 1.29 is 33.3 Å². The molecular weight excluding hydrogens is 562 g/mol. The number of nitrogens with zero attached hydrogens (tertiary/aromatic N) is 2. The zero-order chi connectivity index (χ0) is 30.9. The van der Waals surface area contributed by atoms with Crippen LogP contribution in [0.5, 0.6) is 17.2 Å². The number of hydrogen-bond donors (Lipinski definition) is 1. The molecule has 6 rings (SSSR count). The van der Waals surface area contributed by atoms with Crippen molar-refractivity contribution in [3.8, 4) is 17.2 Å². The van der Waals surface area contributed by atoms with Crippen LogP contribution >= 0.6 is 0 Å². The van der Waals surface area contributed by atoms with E-state index in [1.807, 2.05) is 47.4 Å². The van der Waals surface area contributed by atoms with Gasteiger partial charge < -0.3 is 34.1 Å². The largest absolute Gasteiger partial charge is 0.493 e. The fourth-order valence-electron chi connectivity index (χ4n) is 6.08. The summed E-state index contributed by atoms with van der Waals surface area (Å²) in [6, 6.07) is 13.0. The lowest BCUT2D eigenvalue weighted by molar-refractivity contribution is -0.140. The topological polar surface area (TPSA) is 107 Å². The Morgan fingerprint density at radius 2 is 1.91 bits per heavy atom. The number of carbonyl (C=O) groups excluding carboxylic acids is 3. The van der Waals surface area contributed by atoms with Gasteiger partial charge in [0.25, 0.3) is 0 Å². The molecule has 10 nitrogen and oxygen atoms in total. The summed E-state index contributed by atoms with van der Waals surface area (Å²) in [6.45, 7) is 2.12. The van der Waals surface area contributed by atoms with E-state index in [0.717, 1.165) is 24.0 Å². The van der Waals surface area contributed by atoms with Gasteiger partial charge in [-0.3, -0.25) is 14.4 Å². The van der Waals surface area contributed by atoms with Crippen molar-refractivity contribution in [3.05, 3.63) is 53.6 Å². The quantitative estimate of drug-likeness (QED) is 0.473. The van der Waals surface area contributed by atoms with Crippen molar-refractivity contribution in [2.75, 3.05) is 47.0 Å². The van der Waals surface area contributed by atoms with Crippen molar-refractivity contribution in [2.24, 2.45) is 5.92 Å². The molecule has 44 heavy (non-hydrogen) atoms. The maximum Gasteiger partial charge on any atom is 0.239 e. The molecular formula is C34H45N3O7. The number of carbonyl (C=O) groups is 3. The molecule has 238 valence electrons. The minimum absolute atomic E-state index is 0.0695. The van der Waals surface area contributed by atoms with Crippen LogP contribution in [0.3, 0.4) is 0 Å². The van der Waals surface area contributed by atoms with Crippen molar-refractivity contribution >= 4 is 17.7 Å². The molecule has 2 atom stereocenters. The second kappa shape index (κ2) is 15.4. The van der Waals surface area contributed by atoms with Gasteiger partial charge in [-0.15, -0.1) is 0 Å². The third-order valence-electron chi connectivity index (χ3n) is 8.85. The van der Waals surface area contributed by atoms with Gasteiger partial charge in [-0.1, -0.05) is 24.6 Å². The monoisotopic (exact) mass is 607 g/mol. The maximum atomic E-state index is 13.5. The van der Waals surface area contributed by atoms with Crippen LogP contribution in [-0.2, 0) is 36.9 Å². The molecule has 1 saturated heterocycles. The fraction of sp³-hybridized carbons (Fsp3) is 0.559. The van der Waals surface area contributed by atoms with E-state index in [2.05, 4.69) is 5.32 Å². The van der Waals surface area contributed by atoms with Gasteiger partial charge in [-0.2, -0.15) is 0 Å². The average molecular weight is 608 g/mol. The molecule has 0 radical (unpaired) electrons. The Bertz CT molecular complexity index is 1300. The lowest BCUT2D eigenvalue weighted by Crippen LogP contribution is -2.58. The summed E-state index contributed by atoms with van der Waals surface area (Å²) in [5.41, 5.74) is 1.86. The van der Waals surface area contributed by atoms with Crippen molar-refractivity contribution in [3.63, 3.8) is 0 Å². The van der Waals surface area contributed by atoms with Gasteiger partial charge in [0.15, 0.2) is 11.5 Å². The molecule has 0 spiro atoms. The van der Waals surface area contributed by atoms with Gasteiger partial charge in [-0.25, -0.2) is 0 Å². The van der Waals surface area contributed by atoms with Crippen LogP contribution in [0.1, 0.15) is 56.1 Å². The zero-order valence-corrected chi connectivity index (χ0v) is 25.9. The highest BCUT2D eigenvalue weighted by Crippen LogP contribution is 2.34. The molecule has 0 unspecified atom stereocenters. The Labute approximate surface area is 260 Å². The molecule has 0 aromatic heterocycles. The van der Waals surface area contributed by atoms with E-state index in [9.17, 15) is 14.4 Å². The molecule has 3 aliphatic heterocycles. The number of ether oxygens (including phenoxy) is 4. The summed E-state index contributed by atoms with van der Waals surface area (Å²) in [5, 5.41) is 3.13. The number of benzene rings is 2. The van der Waals surface area contributed by atoms with Gasteiger partial charge in [-0.05, 0) is 73.4 Å². The van der Waals surface area contributed by atoms with Crippen LogP contribution in [0.2, 0.25) is 0 Å². The molecule has 4 bridgehead atoms. The van der Waals surface area contributed by atoms with E-state index >= 15 is 0 Å². The van der Waals surface area contributed by atoms with Gasteiger partial charge in [0.05, 0.1) is 32.4 Å². The Balaban J connectivity index is 1.38. The second-order valence-electron chi connectivity index (χ2n) is 12.0. The van der Waals surface area contributed by atoms with Crippen molar-refractivity contribution in [1.82, 2.24) is 15.1 Å². The number of nitrogens with one attached hydrogen (secondary N) is 1. The number of amides is 3. The number of methoxy groups -OCH3 is 2. The third kappa shape index (κ3) is 8.51. The number of piperidine rings is 1. The molecule has 2 aromatic rings. The highest BCUT2D eigenvalue weighted by molar-refractivity contribution is 5.85. The second-order valence-corrected chi connectivity index (χ2v) is 12.0. The number of rotatable bonds is 7. The molecule has 3 amide bonds. The molecule has 3 heterocycles. The Hall–Kier alpha value is -3.63. The number of fused-ring (bicyclic) bond motifs is 9. The minimum Gasteiger partial charge on any atom is -0.493 e. The molecule has 1 aliphatic carbocycles. The summed E-state index contributed by atoms with van der Waals surface area (Å²) in [7, 11) is 3.21. The standard InChI is InChI=1S/C34H45N3O7/c1-41-17-5-15-36-22-32(38)35-28-21-37(34(40)20-24-6-3-7-24)16-14-29(28)43-23-26-8-4-9-27(18-26)44-30-12-10-25(11-13-33(36)39)19-31(30)42-2/h4,8-10,12,18-19,24,28-29H,3,5-7,11,13-17,20-23H2,1-2H3,(H,35,38)/t28-,29+/m0/s1. The van der Waals surface area contributed by atoms with Crippen LogP contribution in [0.25, 0.3) is 0 Å². The molecule has 4 aliphatic rings. The molecule has 2 aromatic carbocycles. The third-order valence-corrected chi connectivity index (χ3v) is 8.85. The van der Waals surface area contributed by atoms with Crippen LogP contribution in [0.15, 0.2) is 42.5 Å². The van der Waals surface area contributed by atoms with E-state index in [0.29, 0.717) is 81.7 Å². The van der Waals surface area contributed by atoms with Crippen LogP contribution in [-0.4, -0.2) is 86.7 Å². The summed E-state index contributed by atoms with van der Waals surface area (Å²) >= 11 is 0. The summed E-state index contributed by atoms with van der Waals surface area (Å²) in [4.78, 5) is 43.4. The van der Waals surface area contributed by atoms with Gasteiger partial charge in [0.2, 0.25) is 17.7 Å². The number of likely N-dealkylation sites (tertiary alicyclic amines) is 1. The van der Waals surface area contributed by atoms with E-state index in [1.165, 1.54) is 6.42 Å². The first kappa shape index (κ1) is 31.8. The molecule has 1 N–H and O–H groups in total. The van der Waals surface area contributed by atoms with E-state index in [4.69, 9.17) is 18.9 Å². The smallest absolute Gasteiger partial charge is 0.239 e. The average Bonchev–Trinajstić information content (AvgIpc) is 3.00. The predicted molar refractivity (Wildman–Crippen MR) is 165 cm³/mol. The van der Waals surface area contributed by atoms with Gasteiger partial charge in [0, 0.05) is 46.2 Å². The van der Waals surface area contributed by atoms with Crippen LogP contribution in [0.4, 0.5) is 0 Å². The summed E-state index contributed by atoms with van der Waals surface area (Å²) < 4.78 is 23.4. The van der Waals surface area contributed by atoms with E-state index in [1.54, 1.807) is 19.1 Å². The first-order valence-electron chi connectivity index (χ1n) is 15.8. The summed E-state index contributed by atoms with van der Waals surface area (Å²) in [6.07, 6.45) is 5.64. The minimum atomic E-state index is -0.390.